The van der Waals surface area contributed by atoms with E-state index in [9.17, 15) is 26.7 Å². The number of amides is 1. The number of nitrogens with zero attached hydrogens (tertiary/aromatic N) is 1. The predicted molar refractivity (Wildman–Crippen MR) is 98.3 cm³/mol. The molecule has 2 aromatic carbocycles. The number of likely N-dealkylation sites (N-methyl/N-ethyl adjacent to an activating group) is 1. The van der Waals surface area contributed by atoms with Gasteiger partial charge in [0.2, 0.25) is 5.91 Å². The molecule has 0 heterocycles. The number of carbonyl (C=O) groups is 1. The van der Waals surface area contributed by atoms with E-state index >= 15 is 0 Å². The van der Waals surface area contributed by atoms with Gasteiger partial charge in [-0.05, 0) is 29.8 Å². The Morgan fingerprint density at radius 1 is 1.10 bits per heavy atom. The summed E-state index contributed by atoms with van der Waals surface area (Å²) in [5.74, 6) is -1.04. The lowest BCUT2D eigenvalue weighted by Gasteiger charge is -2.17. The summed E-state index contributed by atoms with van der Waals surface area (Å²) < 4.78 is 75.7. The van der Waals surface area contributed by atoms with Crippen molar-refractivity contribution in [1.29, 1.82) is 0 Å². The van der Waals surface area contributed by atoms with Crippen LogP contribution in [0.25, 0.3) is 6.08 Å². The van der Waals surface area contributed by atoms with Crippen LogP contribution >= 0.6 is 0 Å². The van der Waals surface area contributed by atoms with E-state index in [2.05, 4.69) is 9.47 Å². The number of alkyl halides is 5. The fourth-order valence-electron chi connectivity index (χ4n) is 2.48. The monoisotopic (exact) mass is 431 g/mol. The molecular weight excluding hydrogens is 413 g/mol. The Morgan fingerprint density at radius 2 is 1.80 bits per heavy atom. The van der Waals surface area contributed by atoms with E-state index < -0.39 is 24.6 Å². The van der Waals surface area contributed by atoms with Crippen molar-refractivity contribution in [2.75, 3.05) is 14.2 Å². The third-order valence-electron chi connectivity index (χ3n) is 3.79. The lowest BCUT2D eigenvalue weighted by atomic mass is 10.1. The van der Waals surface area contributed by atoms with E-state index in [0.717, 1.165) is 12.1 Å². The molecule has 0 spiro atoms. The molecule has 1 amide bonds. The molecule has 0 fully saturated rings. The second-order valence-electron chi connectivity index (χ2n) is 5.98. The predicted octanol–water partition coefficient (Wildman–Crippen LogP) is 4.87. The maximum absolute atomic E-state index is 12.5. The van der Waals surface area contributed by atoms with Gasteiger partial charge in [-0.2, -0.15) is 8.78 Å². The van der Waals surface area contributed by atoms with Crippen molar-refractivity contribution in [2.45, 2.75) is 19.5 Å². The topological polar surface area (TPSA) is 48.0 Å². The molecule has 0 aromatic heterocycles. The molecular formula is C20H18F5NO4. The summed E-state index contributed by atoms with van der Waals surface area (Å²) in [6.07, 6.45) is -2.59. The number of carbonyl (C=O) groups excluding carboxylic acids is 1. The Kier molecular flexibility index (Phi) is 7.62. The molecule has 2 rings (SSSR count). The van der Waals surface area contributed by atoms with E-state index in [1.807, 2.05) is 0 Å². The van der Waals surface area contributed by atoms with Gasteiger partial charge in [0.05, 0.1) is 7.11 Å². The molecule has 0 N–H and O–H groups in total. The van der Waals surface area contributed by atoms with Gasteiger partial charge in [-0.3, -0.25) is 4.79 Å². The maximum atomic E-state index is 12.5. The van der Waals surface area contributed by atoms with Crippen molar-refractivity contribution in [3.8, 4) is 17.2 Å². The second-order valence-corrected chi connectivity index (χ2v) is 5.98. The minimum atomic E-state index is -4.86. The highest BCUT2D eigenvalue weighted by molar-refractivity contribution is 5.92. The number of benzene rings is 2. The Labute approximate surface area is 169 Å². The van der Waals surface area contributed by atoms with Gasteiger partial charge in [-0.1, -0.05) is 24.3 Å². The first-order valence-corrected chi connectivity index (χ1v) is 8.48. The van der Waals surface area contributed by atoms with E-state index in [4.69, 9.17) is 4.74 Å². The van der Waals surface area contributed by atoms with Crippen LogP contribution in [0.2, 0.25) is 0 Å². The number of methoxy groups -OCH3 is 1. The first-order chi connectivity index (χ1) is 14.1. The number of ether oxygens (including phenoxy) is 3. The summed E-state index contributed by atoms with van der Waals surface area (Å²) in [6.45, 7) is -3.01. The van der Waals surface area contributed by atoms with Crippen LogP contribution in [0.15, 0.2) is 48.5 Å². The standard InChI is InChI=1S/C20H18F5NO4/c1-26(12-13-7-9-16(28-2)17(11-13)29-19(21)22)18(27)10-8-14-5-3-4-6-15(14)30-20(23,24)25/h3-11,19H,12H2,1-2H3/b10-8+. The molecule has 2 aromatic rings. The SMILES string of the molecule is COc1ccc(CN(C)C(=O)/C=C/c2ccccc2OC(F)(F)F)cc1OC(F)F. The van der Waals surface area contributed by atoms with Crippen LogP contribution in [0.3, 0.4) is 0 Å². The van der Waals surface area contributed by atoms with Crippen LogP contribution in [0, 0.1) is 0 Å². The van der Waals surface area contributed by atoms with Crippen molar-refractivity contribution < 1.29 is 41.0 Å². The lowest BCUT2D eigenvalue weighted by Crippen LogP contribution is -2.24. The molecule has 5 nitrogen and oxygen atoms in total. The lowest BCUT2D eigenvalue weighted by molar-refractivity contribution is -0.274. The van der Waals surface area contributed by atoms with Crippen LogP contribution in [-0.2, 0) is 11.3 Å². The zero-order valence-corrected chi connectivity index (χ0v) is 16.0. The Balaban J connectivity index is 2.10. The highest BCUT2D eigenvalue weighted by Gasteiger charge is 2.31. The Morgan fingerprint density at radius 3 is 2.43 bits per heavy atom. The third kappa shape index (κ3) is 6.94. The summed E-state index contributed by atoms with van der Waals surface area (Å²) in [5.41, 5.74) is 0.546. The molecule has 0 saturated heterocycles. The third-order valence-corrected chi connectivity index (χ3v) is 3.79. The Bertz CT molecular complexity index is 899. The summed E-state index contributed by atoms with van der Waals surface area (Å²) >= 11 is 0. The van der Waals surface area contributed by atoms with Crippen molar-refractivity contribution >= 4 is 12.0 Å². The normalized spacial score (nSPS) is 11.6. The number of hydrogen-bond donors (Lipinski definition) is 0. The minimum absolute atomic E-state index is 0.0352. The highest BCUT2D eigenvalue weighted by atomic mass is 19.4. The number of hydrogen-bond acceptors (Lipinski definition) is 4. The number of halogens is 5. The molecule has 0 aliphatic heterocycles. The molecule has 10 heteroatoms. The van der Waals surface area contributed by atoms with E-state index in [1.54, 1.807) is 6.07 Å². The maximum Gasteiger partial charge on any atom is 0.573 e. The van der Waals surface area contributed by atoms with Gasteiger partial charge in [-0.15, -0.1) is 13.2 Å². The smallest absolute Gasteiger partial charge is 0.493 e. The fourth-order valence-corrected chi connectivity index (χ4v) is 2.48. The van der Waals surface area contributed by atoms with Crippen molar-refractivity contribution in [1.82, 2.24) is 4.90 Å². The molecule has 0 bridgehead atoms. The molecule has 0 unspecified atom stereocenters. The average Bonchev–Trinajstić information content (AvgIpc) is 2.65. The summed E-state index contributed by atoms with van der Waals surface area (Å²) in [7, 11) is 2.75. The number of rotatable bonds is 8. The van der Waals surface area contributed by atoms with Gasteiger partial charge >= 0.3 is 13.0 Å². The highest BCUT2D eigenvalue weighted by Crippen LogP contribution is 2.30. The largest absolute Gasteiger partial charge is 0.573 e. The van der Waals surface area contributed by atoms with E-state index in [1.165, 1.54) is 55.5 Å². The van der Waals surface area contributed by atoms with E-state index in [0.29, 0.717) is 5.56 Å². The van der Waals surface area contributed by atoms with Gasteiger partial charge in [0, 0.05) is 25.2 Å². The van der Waals surface area contributed by atoms with E-state index in [-0.39, 0.29) is 23.6 Å². The summed E-state index contributed by atoms with van der Waals surface area (Å²) in [5, 5.41) is 0. The molecule has 0 atom stereocenters. The summed E-state index contributed by atoms with van der Waals surface area (Å²) in [4.78, 5) is 13.6. The summed E-state index contributed by atoms with van der Waals surface area (Å²) in [6, 6.07) is 9.66. The zero-order chi connectivity index (χ0) is 22.3. The second kappa shape index (κ2) is 9.95. The quantitative estimate of drug-likeness (QED) is 0.442. The van der Waals surface area contributed by atoms with Crippen LogP contribution in [0.4, 0.5) is 22.0 Å². The molecule has 162 valence electrons. The van der Waals surface area contributed by atoms with Gasteiger partial charge < -0.3 is 19.1 Å². The van der Waals surface area contributed by atoms with Gasteiger partial charge in [0.1, 0.15) is 5.75 Å². The average molecular weight is 431 g/mol. The first-order valence-electron chi connectivity index (χ1n) is 8.48. The molecule has 30 heavy (non-hydrogen) atoms. The number of para-hydroxylation sites is 1. The van der Waals surface area contributed by atoms with Gasteiger partial charge in [-0.25, -0.2) is 0 Å². The van der Waals surface area contributed by atoms with Gasteiger partial charge in [0.25, 0.3) is 0 Å². The molecule has 0 aliphatic rings. The Hall–Kier alpha value is -3.30. The zero-order valence-electron chi connectivity index (χ0n) is 16.0. The van der Waals surface area contributed by atoms with Crippen LogP contribution in [0.1, 0.15) is 11.1 Å². The van der Waals surface area contributed by atoms with Crippen LogP contribution < -0.4 is 14.2 Å². The minimum Gasteiger partial charge on any atom is -0.493 e. The van der Waals surface area contributed by atoms with Crippen LogP contribution in [-0.4, -0.2) is 37.9 Å². The van der Waals surface area contributed by atoms with Crippen LogP contribution in [0.5, 0.6) is 17.2 Å². The van der Waals surface area contributed by atoms with Crippen molar-refractivity contribution in [2.24, 2.45) is 0 Å². The molecule has 0 saturated carbocycles. The van der Waals surface area contributed by atoms with Crippen molar-refractivity contribution in [3.05, 3.63) is 59.7 Å². The fraction of sp³-hybridized carbons (Fsp3) is 0.250. The van der Waals surface area contributed by atoms with Crippen molar-refractivity contribution in [3.63, 3.8) is 0 Å². The molecule has 0 aliphatic carbocycles. The first kappa shape index (κ1) is 23.0. The molecule has 0 radical (unpaired) electrons. The van der Waals surface area contributed by atoms with Gasteiger partial charge in [0.15, 0.2) is 11.5 Å².